The predicted octanol–water partition coefficient (Wildman–Crippen LogP) is 3.46. The fourth-order valence-electron chi connectivity index (χ4n) is 2.91. The summed E-state index contributed by atoms with van der Waals surface area (Å²) in [5.74, 6) is 1.48. The Morgan fingerprint density at radius 1 is 1.24 bits per heavy atom. The van der Waals surface area contributed by atoms with Crippen molar-refractivity contribution in [3.8, 4) is 0 Å². The lowest BCUT2D eigenvalue weighted by molar-refractivity contribution is 0.123. The summed E-state index contributed by atoms with van der Waals surface area (Å²) < 4.78 is 18.7. The summed E-state index contributed by atoms with van der Waals surface area (Å²) in [5.41, 5.74) is 1.35. The van der Waals surface area contributed by atoms with Crippen LogP contribution in [0.4, 0.5) is 4.39 Å². The molecule has 0 saturated heterocycles. The molecule has 2 aliphatic rings. The number of ether oxygens (including phenoxy) is 1. The molecule has 2 fully saturated rings. The molecular weight excluding hydrogens is 432 g/mol. The minimum Gasteiger partial charge on any atom is -0.381 e. The monoisotopic (exact) mass is 461 g/mol. The maximum atomic E-state index is 13.1. The van der Waals surface area contributed by atoms with Gasteiger partial charge >= 0.3 is 0 Å². The fourth-order valence-corrected chi connectivity index (χ4v) is 2.91. The smallest absolute Gasteiger partial charge is 0.191 e. The molecule has 2 aliphatic carbocycles. The lowest BCUT2D eigenvalue weighted by Crippen LogP contribution is -2.41. The Morgan fingerprint density at radius 3 is 2.56 bits per heavy atom. The molecule has 2 N–H and O–H groups in total. The number of rotatable bonds is 9. The van der Waals surface area contributed by atoms with Gasteiger partial charge in [0.1, 0.15) is 5.82 Å². The SMILES string of the molecule is CN=C(NCCCOCC1CC1)NCC1(c2ccc(F)cc2)CC1.I. The van der Waals surface area contributed by atoms with Gasteiger partial charge in [0, 0.05) is 38.8 Å². The summed E-state index contributed by atoms with van der Waals surface area (Å²) in [6, 6.07) is 6.89. The van der Waals surface area contributed by atoms with Crippen molar-refractivity contribution < 1.29 is 9.13 Å². The van der Waals surface area contributed by atoms with Crippen LogP contribution in [0, 0.1) is 11.7 Å². The van der Waals surface area contributed by atoms with Crippen molar-refractivity contribution in [2.24, 2.45) is 10.9 Å². The summed E-state index contributed by atoms with van der Waals surface area (Å²) in [4.78, 5) is 4.28. The van der Waals surface area contributed by atoms with Crippen LogP contribution in [0.1, 0.15) is 37.7 Å². The van der Waals surface area contributed by atoms with Crippen molar-refractivity contribution in [3.05, 3.63) is 35.6 Å². The lowest BCUT2D eigenvalue weighted by Gasteiger charge is -2.19. The zero-order valence-corrected chi connectivity index (χ0v) is 17.2. The van der Waals surface area contributed by atoms with Crippen molar-refractivity contribution in [1.29, 1.82) is 0 Å². The molecule has 0 aliphatic heterocycles. The zero-order chi connectivity index (χ0) is 16.8. The molecule has 2 saturated carbocycles. The third-order valence-corrected chi connectivity index (χ3v) is 4.94. The van der Waals surface area contributed by atoms with E-state index < -0.39 is 0 Å². The average molecular weight is 461 g/mol. The summed E-state index contributed by atoms with van der Waals surface area (Å²) in [6.45, 7) is 3.41. The van der Waals surface area contributed by atoms with Gasteiger partial charge in [0.15, 0.2) is 5.96 Å². The van der Waals surface area contributed by atoms with Gasteiger partial charge in [0.2, 0.25) is 0 Å². The van der Waals surface area contributed by atoms with Gasteiger partial charge in [0.25, 0.3) is 0 Å². The van der Waals surface area contributed by atoms with Gasteiger partial charge in [-0.2, -0.15) is 0 Å². The van der Waals surface area contributed by atoms with Crippen molar-refractivity contribution in [3.63, 3.8) is 0 Å². The van der Waals surface area contributed by atoms with Gasteiger partial charge in [0.05, 0.1) is 0 Å². The molecule has 0 heterocycles. The number of aliphatic imine (C=N–C) groups is 1. The highest BCUT2D eigenvalue weighted by atomic mass is 127. The Hall–Kier alpha value is -0.890. The second kappa shape index (κ2) is 9.71. The van der Waals surface area contributed by atoms with E-state index in [2.05, 4.69) is 15.6 Å². The van der Waals surface area contributed by atoms with Crippen LogP contribution in [-0.4, -0.2) is 39.3 Å². The molecule has 3 rings (SSSR count). The number of nitrogens with one attached hydrogen (secondary N) is 2. The summed E-state index contributed by atoms with van der Waals surface area (Å²) in [5, 5.41) is 6.74. The van der Waals surface area contributed by atoms with E-state index >= 15 is 0 Å². The van der Waals surface area contributed by atoms with Gasteiger partial charge in [-0.25, -0.2) is 4.39 Å². The highest BCUT2D eigenvalue weighted by molar-refractivity contribution is 14.0. The molecule has 1 aromatic carbocycles. The van der Waals surface area contributed by atoms with Gasteiger partial charge in [-0.05, 0) is 55.7 Å². The van der Waals surface area contributed by atoms with Gasteiger partial charge < -0.3 is 15.4 Å². The highest BCUT2D eigenvalue weighted by Gasteiger charge is 2.44. The molecule has 1 aromatic rings. The Labute approximate surface area is 167 Å². The maximum absolute atomic E-state index is 13.1. The third kappa shape index (κ3) is 6.40. The van der Waals surface area contributed by atoms with Crippen LogP contribution in [0.15, 0.2) is 29.3 Å². The maximum Gasteiger partial charge on any atom is 0.191 e. The molecule has 0 atom stereocenters. The van der Waals surface area contributed by atoms with Crippen molar-refractivity contribution in [2.75, 3.05) is 33.4 Å². The van der Waals surface area contributed by atoms with Crippen LogP contribution < -0.4 is 10.6 Å². The third-order valence-electron chi connectivity index (χ3n) is 4.94. The first-order valence-electron chi connectivity index (χ1n) is 9.00. The Kier molecular flexibility index (Phi) is 7.93. The molecule has 0 bridgehead atoms. The van der Waals surface area contributed by atoms with Crippen LogP contribution in [-0.2, 0) is 10.2 Å². The summed E-state index contributed by atoms with van der Waals surface area (Å²) >= 11 is 0. The number of hydrogen-bond acceptors (Lipinski definition) is 2. The Bertz CT molecular complexity index is 556. The molecule has 0 amide bonds. The first-order chi connectivity index (χ1) is 11.7. The summed E-state index contributed by atoms with van der Waals surface area (Å²) in [7, 11) is 1.79. The minimum atomic E-state index is -0.177. The number of benzene rings is 1. The van der Waals surface area contributed by atoms with Crippen LogP contribution in [0.5, 0.6) is 0 Å². The van der Waals surface area contributed by atoms with Gasteiger partial charge in [-0.15, -0.1) is 24.0 Å². The standard InChI is InChI=1S/C19H28FN3O.HI/c1-21-18(22-11-2-12-24-13-15-3-4-15)23-14-19(9-10-19)16-5-7-17(20)8-6-16;/h5-8,15H,2-4,9-14H2,1H3,(H2,21,22,23);1H. The number of nitrogens with zero attached hydrogens (tertiary/aromatic N) is 1. The van der Waals surface area contributed by atoms with E-state index in [0.717, 1.165) is 57.4 Å². The topological polar surface area (TPSA) is 45.7 Å². The molecule has 0 aromatic heterocycles. The van der Waals surface area contributed by atoms with E-state index in [1.54, 1.807) is 19.2 Å². The van der Waals surface area contributed by atoms with E-state index in [4.69, 9.17) is 4.74 Å². The van der Waals surface area contributed by atoms with Crippen LogP contribution in [0.2, 0.25) is 0 Å². The number of halogens is 2. The van der Waals surface area contributed by atoms with Gasteiger partial charge in [-0.1, -0.05) is 12.1 Å². The molecule has 140 valence electrons. The summed E-state index contributed by atoms with van der Waals surface area (Å²) in [6.07, 6.45) is 5.93. The predicted molar refractivity (Wildman–Crippen MR) is 110 cm³/mol. The highest BCUT2D eigenvalue weighted by Crippen LogP contribution is 2.47. The molecule has 0 unspecified atom stereocenters. The van der Waals surface area contributed by atoms with Crippen molar-refractivity contribution >= 4 is 29.9 Å². The molecule has 6 heteroatoms. The zero-order valence-electron chi connectivity index (χ0n) is 14.9. The second-order valence-electron chi connectivity index (χ2n) is 7.01. The first kappa shape index (κ1) is 20.4. The normalized spacial score (nSPS) is 18.4. The van der Waals surface area contributed by atoms with E-state index in [9.17, 15) is 4.39 Å². The van der Waals surface area contributed by atoms with E-state index in [1.807, 2.05) is 12.1 Å². The van der Waals surface area contributed by atoms with E-state index in [1.165, 1.54) is 18.4 Å². The largest absolute Gasteiger partial charge is 0.381 e. The first-order valence-corrected chi connectivity index (χ1v) is 9.00. The molecule has 25 heavy (non-hydrogen) atoms. The second-order valence-corrected chi connectivity index (χ2v) is 7.01. The average Bonchev–Trinajstić information content (AvgIpc) is 3.50. The van der Waals surface area contributed by atoms with Crippen molar-refractivity contribution in [2.45, 2.75) is 37.5 Å². The molecule has 4 nitrogen and oxygen atoms in total. The molecule has 0 spiro atoms. The minimum absolute atomic E-state index is 0. The Morgan fingerprint density at radius 2 is 1.96 bits per heavy atom. The number of hydrogen-bond donors (Lipinski definition) is 2. The lowest BCUT2D eigenvalue weighted by atomic mass is 9.96. The Balaban J connectivity index is 0.00000225. The number of guanidine groups is 1. The fraction of sp³-hybridized carbons (Fsp3) is 0.632. The van der Waals surface area contributed by atoms with Crippen LogP contribution >= 0.6 is 24.0 Å². The van der Waals surface area contributed by atoms with E-state index in [0.29, 0.717) is 0 Å². The van der Waals surface area contributed by atoms with Crippen LogP contribution in [0.25, 0.3) is 0 Å². The van der Waals surface area contributed by atoms with Crippen LogP contribution in [0.3, 0.4) is 0 Å². The quantitative estimate of drug-likeness (QED) is 0.256. The van der Waals surface area contributed by atoms with Gasteiger partial charge in [-0.3, -0.25) is 4.99 Å². The van der Waals surface area contributed by atoms with Crippen molar-refractivity contribution in [1.82, 2.24) is 10.6 Å². The molecule has 0 radical (unpaired) electrons. The molecular formula is C19H29FIN3O. The van der Waals surface area contributed by atoms with E-state index in [-0.39, 0.29) is 35.2 Å².